The number of carbonyl (C=O) groups excluding carboxylic acids is 2. The molecule has 1 saturated heterocycles. The van der Waals surface area contributed by atoms with E-state index in [9.17, 15) is 9.59 Å². The zero-order valence-electron chi connectivity index (χ0n) is 17.3. The van der Waals surface area contributed by atoms with Crippen LogP contribution in [0.25, 0.3) is 0 Å². The molecule has 7 heteroatoms. The van der Waals surface area contributed by atoms with Gasteiger partial charge in [-0.1, -0.05) is 12.1 Å². The molecule has 158 valence electrons. The normalized spacial score (nSPS) is 16.2. The molecule has 2 aromatic carbocycles. The lowest BCUT2D eigenvalue weighted by molar-refractivity contribution is -0.133. The predicted molar refractivity (Wildman–Crippen MR) is 121 cm³/mol. The zero-order chi connectivity index (χ0) is 20.9. The Morgan fingerprint density at radius 2 is 1.60 bits per heavy atom. The van der Waals surface area contributed by atoms with Crippen molar-refractivity contribution in [3.8, 4) is 5.75 Å². The van der Waals surface area contributed by atoms with Crippen LogP contribution in [0.3, 0.4) is 0 Å². The summed E-state index contributed by atoms with van der Waals surface area (Å²) in [6.07, 6.45) is 0.531. The number of benzene rings is 2. The molecule has 2 aliphatic heterocycles. The highest BCUT2D eigenvalue weighted by Crippen LogP contribution is 2.34. The maximum atomic E-state index is 12.8. The van der Waals surface area contributed by atoms with Crippen LogP contribution in [0.1, 0.15) is 12.8 Å². The largest absolute Gasteiger partial charge is 0.497 e. The SMILES string of the molecule is COc1ccc(N2CCN(C(=O)CCC(=O)N3CCSc4ccccc43)CC2)cc1. The van der Waals surface area contributed by atoms with Crippen LogP contribution in [0.15, 0.2) is 53.4 Å². The van der Waals surface area contributed by atoms with Crippen molar-refractivity contribution in [2.45, 2.75) is 17.7 Å². The molecule has 30 heavy (non-hydrogen) atoms. The number of methoxy groups -OCH3 is 1. The Bertz CT molecular complexity index is 895. The average Bonchev–Trinajstić information content (AvgIpc) is 2.82. The topological polar surface area (TPSA) is 53.1 Å². The molecule has 0 atom stereocenters. The van der Waals surface area contributed by atoms with Gasteiger partial charge >= 0.3 is 0 Å². The Morgan fingerprint density at radius 3 is 2.33 bits per heavy atom. The molecule has 2 aliphatic rings. The highest BCUT2D eigenvalue weighted by Gasteiger charge is 2.25. The molecule has 4 rings (SSSR count). The molecular formula is C23H27N3O3S. The molecular weight excluding hydrogens is 398 g/mol. The summed E-state index contributed by atoms with van der Waals surface area (Å²) < 4.78 is 5.21. The molecule has 0 aromatic heterocycles. The second-order valence-corrected chi connectivity index (χ2v) is 8.56. The zero-order valence-corrected chi connectivity index (χ0v) is 18.1. The van der Waals surface area contributed by atoms with E-state index in [1.807, 2.05) is 58.3 Å². The van der Waals surface area contributed by atoms with E-state index in [0.717, 1.165) is 40.9 Å². The lowest BCUT2D eigenvalue weighted by Gasteiger charge is -2.36. The van der Waals surface area contributed by atoms with Gasteiger partial charge in [0.05, 0.1) is 12.8 Å². The van der Waals surface area contributed by atoms with Gasteiger partial charge in [-0.25, -0.2) is 0 Å². The van der Waals surface area contributed by atoms with E-state index >= 15 is 0 Å². The van der Waals surface area contributed by atoms with E-state index in [4.69, 9.17) is 4.74 Å². The van der Waals surface area contributed by atoms with Gasteiger partial charge < -0.3 is 19.4 Å². The van der Waals surface area contributed by atoms with Crippen molar-refractivity contribution in [3.63, 3.8) is 0 Å². The molecule has 0 unspecified atom stereocenters. The fourth-order valence-electron chi connectivity index (χ4n) is 3.94. The van der Waals surface area contributed by atoms with E-state index < -0.39 is 0 Å². The van der Waals surface area contributed by atoms with Crippen LogP contribution in [-0.2, 0) is 9.59 Å². The Balaban J connectivity index is 1.27. The minimum absolute atomic E-state index is 0.0352. The van der Waals surface area contributed by atoms with Crippen LogP contribution in [0.2, 0.25) is 0 Å². The van der Waals surface area contributed by atoms with Gasteiger partial charge in [-0.3, -0.25) is 9.59 Å². The quantitative estimate of drug-likeness (QED) is 0.736. The maximum Gasteiger partial charge on any atom is 0.227 e. The summed E-state index contributed by atoms with van der Waals surface area (Å²) in [6, 6.07) is 16.0. The van der Waals surface area contributed by atoms with Crippen molar-refractivity contribution >= 4 is 35.0 Å². The van der Waals surface area contributed by atoms with Gasteiger partial charge in [0.1, 0.15) is 5.75 Å². The summed E-state index contributed by atoms with van der Waals surface area (Å²) in [7, 11) is 1.66. The van der Waals surface area contributed by atoms with Crippen LogP contribution >= 0.6 is 11.8 Å². The number of hydrogen-bond acceptors (Lipinski definition) is 5. The van der Waals surface area contributed by atoms with E-state index in [-0.39, 0.29) is 24.7 Å². The number of fused-ring (bicyclic) bond motifs is 1. The fraction of sp³-hybridized carbons (Fsp3) is 0.391. The van der Waals surface area contributed by atoms with E-state index in [1.54, 1.807) is 18.9 Å². The number of nitrogens with zero attached hydrogens (tertiary/aromatic N) is 3. The number of para-hydroxylation sites is 1. The van der Waals surface area contributed by atoms with Gasteiger partial charge in [0, 0.05) is 61.9 Å². The Morgan fingerprint density at radius 1 is 0.900 bits per heavy atom. The minimum Gasteiger partial charge on any atom is -0.497 e. The van der Waals surface area contributed by atoms with Gasteiger partial charge in [-0.2, -0.15) is 0 Å². The van der Waals surface area contributed by atoms with E-state index in [1.165, 1.54) is 0 Å². The number of hydrogen-bond donors (Lipinski definition) is 0. The van der Waals surface area contributed by atoms with E-state index in [0.29, 0.717) is 19.6 Å². The third-order valence-electron chi connectivity index (χ3n) is 5.65. The Labute approximate surface area is 181 Å². The summed E-state index contributed by atoms with van der Waals surface area (Å²) >= 11 is 1.78. The van der Waals surface area contributed by atoms with Gasteiger partial charge in [-0.05, 0) is 36.4 Å². The summed E-state index contributed by atoms with van der Waals surface area (Å²) in [4.78, 5) is 32.6. The summed E-state index contributed by atoms with van der Waals surface area (Å²) in [5.41, 5.74) is 2.11. The summed E-state index contributed by atoms with van der Waals surface area (Å²) in [5.74, 6) is 1.84. The molecule has 0 radical (unpaired) electrons. The standard InChI is InChI=1S/C23H27N3O3S/c1-29-19-8-6-18(7-9-19)24-12-14-25(15-13-24)22(27)10-11-23(28)26-16-17-30-21-5-3-2-4-20(21)26/h2-9H,10-17H2,1H3. The first-order valence-corrected chi connectivity index (χ1v) is 11.3. The van der Waals surface area contributed by atoms with Crippen molar-refractivity contribution in [1.82, 2.24) is 4.90 Å². The molecule has 0 N–H and O–H groups in total. The van der Waals surface area contributed by atoms with Gasteiger partial charge in [0.15, 0.2) is 0 Å². The maximum absolute atomic E-state index is 12.8. The number of carbonyl (C=O) groups is 2. The first-order chi connectivity index (χ1) is 14.7. The third-order valence-corrected chi connectivity index (χ3v) is 6.70. The van der Waals surface area contributed by atoms with Gasteiger partial charge in [-0.15, -0.1) is 11.8 Å². The Hall–Kier alpha value is -2.67. The minimum atomic E-state index is 0.0352. The molecule has 0 saturated carbocycles. The Kier molecular flexibility index (Phi) is 6.47. The molecule has 0 aliphatic carbocycles. The van der Waals surface area contributed by atoms with Crippen molar-refractivity contribution < 1.29 is 14.3 Å². The molecule has 2 heterocycles. The van der Waals surface area contributed by atoms with Crippen LogP contribution in [0.4, 0.5) is 11.4 Å². The predicted octanol–water partition coefficient (Wildman–Crippen LogP) is 3.26. The van der Waals surface area contributed by atoms with Gasteiger partial charge in [0.2, 0.25) is 11.8 Å². The number of rotatable bonds is 5. The van der Waals surface area contributed by atoms with Crippen molar-refractivity contribution in [1.29, 1.82) is 0 Å². The monoisotopic (exact) mass is 425 g/mol. The third kappa shape index (κ3) is 4.56. The lowest BCUT2D eigenvalue weighted by Crippen LogP contribution is -2.49. The first-order valence-electron chi connectivity index (χ1n) is 10.3. The van der Waals surface area contributed by atoms with Crippen LogP contribution in [-0.4, -0.2) is 62.3 Å². The van der Waals surface area contributed by atoms with Crippen molar-refractivity contribution in [2.75, 3.05) is 55.4 Å². The second-order valence-electron chi connectivity index (χ2n) is 7.43. The van der Waals surface area contributed by atoms with Crippen LogP contribution in [0, 0.1) is 0 Å². The summed E-state index contributed by atoms with van der Waals surface area (Å²) in [5, 5.41) is 0. The average molecular weight is 426 g/mol. The molecule has 1 fully saturated rings. The highest BCUT2D eigenvalue weighted by molar-refractivity contribution is 7.99. The number of amides is 2. The van der Waals surface area contributed by atoms with E-state index in [2.05, 4.69) is 4.90 Å². The molecule has 0 spiro atoms. The molecule has 6 nitrogen and oxygen atoms in total. The van der Waals surface area contributed by atoms with Crippen molar-refractivity contribution in [3.05, 3.63) is 48.5 Å². The van der Waals surface area contributed by atoms with Crippen molar-refractivity contribution in [2.24, 2.45) is 0 Å². The van der Waals surface area contributed by atoms with Crippen LogP contribution < -0.4 is 14.5 Å². The molecule has 0 bridgehead atoms. The lowest BCUT2D eigenvalue weighted by atomic mass is 10.2. The number of anilines is 2. The number of piperazine rings is 1. The summed E-state index contributed by atoms with van der Waals surface area (Å²) in [6.45, 7) is 3.66. The fourth-order valence-corrected chi connectivity index (χ4v) is 4.94. The smallest absolute Gasteiger partial charge is 0.227 e. The highest BCUT2D eigenvalue weighted by atomic mass is 32.2. The number of thioether (sulfide) groups is 1. The number of ether oxygens (including phenoxy) is 1. The molecule has 2 amide bonds. The first kappa shape index (κ1) is 20.6. The van der Waals surface area contributed by atoms with Crippen LogP contribution in [0.5, 0.6) is 5.75 Å². The second kappa shape index (κ2) is 9.43. The molecule has 2 aromatic rings. The van der Waals surface area contributed by atoms with Gasteiger partial charge in [0.25, 0.3) is 0 Å².